The van der Waals surface area contributed by atoms with E-state index >= 15 is 0 Å². The van der Waals surface area contributed by atoms with Crippen molar-refractivity contribution in [2.45, 2.75) is 44.4 Å². The molecular formula is C25H28F6N4O3. The van der Waals surface area contributed by atoms with Gasteiger partial charge in [0.1, 0.15) is 0 Å². The van der Waals surface area contributed by atoms with Gasteiger partial charge in [0.15, 0.2) is 0 Å². The number of carbonyl (C=O) groups excluding carboxylic acids is 2. The van der Waals surface area contributed by atoms with Crippen molar-refractivity contribution in [2.75, 3.05) is 31.5 Å². The molecule has 0 atom stereocenters. The highest BCUT2D eigenvalue weighted by molar-refractivity contribution is 5.95. The number of nitrogens with zero attached hydrogens (tertiary/aromatic N) is 2. The van der Waals surface area contributed by atoms with Crippen LogP contribution in [-0.2, 0) is 12.1 Å². The highest BCUT2D eigenvalue weighted by Gasteiger charge is 2.71. The first kappa shape index (κ1) is 29.2. The Morgan fingerprint density at radius 1 is 0.868 bits per heavy atom. The van der Waals surface area contributed by atoms with Crippen molar-refractivity contribution >= 4 is 17.6 Å². The van der Waals surface area contributed by atoms with Crippen LogP contribution in [-0.4, -0.2) is 71.4 Å². The summed E-state index contributed by atoms with van der Waals surface area (Å²) in [5, 5.41) is 14.9. The van der Waals surface area contributed by atoms with Gasteiger partial charge in [0, 0.05) is 55.6 Å². The highest BCUT2D eigenvalue weighted by Crippen LogP contribution is 2.49. The fourth-order valence-corrected chi connectivity index (χ4v) is 4.01. The molecule has 2 aromatic carbocycles. The first-order chi connectivity index (χ1) is 17.6. The van der Waals surface area contributed by atoms with E-state index in [-0.39, 0.29) is 24.5 Å². The minimum absolute atomic E-state index is 0.0299. The summed E-state index contributed by atoms with van der Waals surface area (Å²) >= 11 is 0. The Labute approximate surface area is 215 Å². The van der Waals surface area contributed by atoms with Gasteiger partial charge in [-0.2, -0.15) is 26.3 Å². The van der Waals surface area contributed by atoms with E-state index in [1.807, 2.05) is 18.7 Å². The van der Waals surface area contributed by atoms with Crippen LogP contribution in [0, 0.1) is 0 Å². The van der Waals surface area contributed by atoms with E-state index in [2.05, 4.69) is 10.6 Å². The number of benzene rings is 2. The smallest absolute Gasteiger partial charge is 0.369 e. The summed E-state index contributed by atoms with van der Waals surface area (Å²) in [4.78, 5) is 28.2. The van der Waals surface area contributed by atoms with Crippen LogP contribution < -0.4 is 10.6 Å². The Morgan fingerprint density at radius 2 is 1.39 bits per heavy atom. The van der Waals surface area contributed by atoms with Crippen LogP contribution in [0.4, 0.5) is 36.8 Å². The van der Waals surface area contributed by atoms with Crippen LogP contribution in [0.3, 0.4) is 0 Å². The number of anilines is 1. The molecule has 3 rings (SSSR count). The van der Waals surface area contributed by atoms with Gasteiger partial charge in [-0.15, -0.1) is 0 Å². The Bertz CT molecular complexity index is 1100. The SMILES string of the molecule is CC(C)NC(=O)Nc1ccc(C(=O)N2CCN(Cc3ccc(C(O)(C(F)(F)F)C(F)(F)F)cc3)CC2)cc1. The van der Waals surface area contributed by atoms with Crippen LogP contribution >= 0.6 is 0 Å². The Kier molecular flexibility index (Phi) is 8.62. The standard InChI is InChI=1S/C25H28F6N4O3/c1-16(2)32-22(37)33-20-9-5-18(6-10-20)21(36)35-13-11-34(12-14-35)15-17-3-7-19(8-4-17)23(38,24(26,27)28)25(29,30)31/h3-10,16,38H,11-15H2,1-2H3,(H2,32,33,37). The number of halogens is 6. The summed E-state index contributed by atoms with van der Waals surface area (Å²) in [5.41, 5.74) is -4.84. The molecule has 1 aliphatic rings. The maximum atomic E-state index is 13.1. The van der Waals surface area contributed by atoms with Crippen molar-refractivity contribution in [1.29, 1.82) is 0 Å². The fraction of sp³-hybridized carbons (Fsp3) is 0.440. The van der Waals surface area contributed by atoms with Gasteiger partial charge in [-0.3, -0.25) is 9.69 Å². The summed E-state index contributed by atoms with van der Waals surface area (Å²) in [6, 6.07) is 9.53. The van der Waals surface area contributed by atoms with E-state index < -0.39 is 23.5 Å². The topological polar surface area (TPSA) is 84.9 Å². The Hall–Kier alpha value is -3.32. The number of piperazine rings is 1. The summed E-state index contributed by atoms with van der Waals surface area (Å²) in [5.74, 6) is -0.203. The molecule has 1 saturated heterocycles. The third-order valence-corrected chi connectivity index (χ3v) is 6.07. The van der Waals surface area contributed by atoms with Crippen molar-refractivity contribution in [2.24, 2.45) is 0 Å². The van der Waals surface area contributed by atoms with Gasteiger partial charge in [-0.05, 0) is 43.7 Å². The number of carbonyl (C=O) groups is 2. The van der Waals surface area contributed by atoms with Crippen LogP contribution in [0.5, 0.6) is 0 Å². The lowest BCUT2D eigenvalue weighted by atomic mass is 9.91. The van der Waals surface area contributed by atoms with Gasteiger partial charge < -0.3 is 20.6 Å². The average molecular weight is 547 g/mol. The molecule has 0 aromatic heterocycles. The van der Waals surface area contributed by atoms with Crippen LogP contribution in [0.25, 0.3) is 0 Å². The maximum Gasteiger partial charge on any atom is 0.430 e. The zero-order valence-electron chi connectivity index (χ0n) is 20.7. The number of aliphatic hydroxyl groups is 1. The molecule has 0 unspecified atom stereocenters. The van der Waals surface area contributed by atoms with Crippen LogP contribution in [0.2, 0.25) is 0 Å². The minimum Gasteiger partial charge on any atom is -0.369 e. The maximum absolute atomic E-state index is 13.1. The molecular weight excluding hydrogens is 518 g/mol. The second kappa shape index (κ2) is 11.2. The minimum atomic E-state index is -5.94. The first-order valence-electron chi connectivity index (χ1n) is 11.8. The normalized spacial score (nSPS) is 15.5. The van der Waals surface area contributed by atoms with E-state index in [0.717, 1.165) is 12.1 Å². The molecule has 7 nitrogen and oxygen atoms in total. The first-order valence-corrected chi connectivity index (χ1v) is 11.8. The quantitative estimate of drug-likeness (QED) is 0.467. The second-order valence-electron chi connectivity index (χ2n) is 9.30. The van der Waals surface area contributed by atoms with Gasteiger partial charge in [-0.1, -0.05) is 24.3 Å². The third kappa shape index (κ3) is 6.57. The van der Waals surface area contributed by atoms with E-state index in [0.29, 0.717) is 55.1 Å². The van der Waals surface area contributed by atoms with Crippen molar-refractivity contribution < 1.29 is 41.0 Å². The van der Waals surface area contributed by atoms with Gasteiger partial charge >= 0.3 is 18.4 Å². The highest BCUT2D eigenvalue weighted by atomic mass is 19.4. The summed E-state index contributed by atoms with van der Waals surface area (Å²) in [6.07, 6.45) is -11.9. The van der Waals surface area contributed by atoms with Gasteiger partial charge in [0.2, 0.25) is 0 Å². The largest absolute Gasteiger partial charge is 0.430 e. The number of urea groups is 1. The van der Waals surface area contributed by atoms with Gasteiger partial charge in [-0.25, -0.2) is 4.79 Å². The molecule has 1 heterocycles. The molecule has 0 spiro atoms. The molecule has 1 fully saturated rings. The summed E-state index contributed by atoms with van der Waals surface area (Å²) in [6.45, 7) is 5.53. The third-order valence-electron chi connectivity index (χ3n) is 6.07. The molecule has 2 aromatic rings. The van der Waals surface area contributed by atoms with Crippen molar-refractivity contribution in [3.63, 3.8) is 0 Å². The molecule has 0 bridgehead atoms. The molecule has 38 heavy (non-hydrogen) atoms. The Balaban J connectivity index is 1.55. The molecule has 0 radical (unpaired) electrons. The molecule has 13 heteroatoms. The van der Waals surface area contributed by atoms with Crippen molar-refractivity contribution in [3.8, 4) is 0 Å². The number of amides is 3. The molecule has 0 saturated carbocycles. The average Bonchev–Trinajstić information content (AvgIpc) is 2.82. The number of rotatable bonds is 6. The molecule has 0 aliphatic carbocycles. The fourth-order valence-electron chi connectivity index (χ4n) is 4.01. The summed E-state index contributed by atoms with van der Waals surface area (Å²) in [7, 11) is 0. The summed E-state index contributed by atoms with van der Waals surface area (Å²) < 4.78 is 78.4. The van der Waals surface area contributed by atoms with E-state index in [9.17, 15) is 41.0 Å². The monoisotopic (exact) mass is 546 g/mol. The number of alkyl halides is 6. The lowest BCUT2D eigenvalue weighted by Crippen LogP contribution is -2.53. The number of hydrogen-bond acceptors (Lipinski definition) is 4. The van der Waals surface area contributed by atoms with Crippen LogP contribution in [0.15, 0.2) is 48.5 Å². The van der Waals surface area contributed by atoms with Gasteiger partial charge in [0.05, 0.1) is 0 Å². The lowest BCUT2D eigenvalue weighted by Gasteiger charge is -2.35. The lowest BCUT2D eigenvalue weighted by molar-refractivity contribution is -0.376. The molecule has 3 amide bonds. The molecule has 1 aliphatic heterocycles. The van der Waals surface area contributed by atoms with E-state index in [1.54, 1.807) is 29.2 Å². The molecule has 3 N–H and O–H groups in total. The van der Waals surface area contributed by atoms with E-state index in [4.69, 9.17) is 0 Å². The Morgan fingerprint density at radius 3 is 1.87 bits per heavy atom. The zero-order chi connectivity index (χ0) is 28.3. The zero-order valence-corrected chi connectivity index (χ0v) is 20.7. The number of hydrogen-bond donors (Lipinski definition) is 3. The van der Waals surface area contributed by atoms with E-state index in [1.165, 1.54) is 0 Å². The predicted octanol–water partition coefficient (Wildman–Crippen LogP) is 4.49. The van der Waals surface area contributed by atoms with Crippen molar-refractivity contribution in [3.05, 3.63) is 65.2 Å². The van der Waals surface area contributed by atoms with Crippen LogP contribution in [0.1, 0.15) is 35.3 Å². The predicted molar refractivity (Wildman–Crippen MR) is 127 cm³/mol. The molecule has 208 valence electrons. The van der Waals surface area contributed by atoms with Gasteiger partial charge in [0.25, 0.3) is 11.5 Å². The number of nitrogens with one attached hydrogen (secondary N) is 2. The van der Waals surface area contributed by atoms with Crippen molar-refractivity contribution in [1.82, 2.24) is 15.1 Å². The second-order valence-corrected chi connectivity index (χ2v) is 9.30.